The van der Waals surface area contributed by atoms with E-state index >= 15 is 0 Å². The van der Waals surface area contributed by atoms with Crippen molar-refractivity contribution in [3.05, 3.63) is 58.9 Å². The van der Waals surface area contributed by atoms with Crippen LogP contribution in [0.15, 0.2) is 36.5 Å². The first kappa shape index (κ1) is 12.3. The number of carbonyl (C=O) groups excluding carboxylic acids is 1. The predicted molar refractivity (Wildman–Crippen MR) is 69.9 cm³/mol. The van der Waals surface area contributed by atoms with Gasteiger partial charge in [-0.05, 0) is 37.1 Å². The second kappa shape index (κ2) is 5.45. The van der Waals surface area contributed by atoms with Gasteiger partial charge in [0.15, 0.2) is 6.29 Å². The fourth-order valence-electron chi connectivity index (χ4n) is 1.78. The summed E-state index contributed by atoms with van der Waals surface area (Å²) in [4.78, 5) is 15.2. The maximum Gasteiger partial charge on any atom is 0.153 e. The van der Waals surface area contributed by atoms with Gasteiger partial charge in [0.05, 0.1) is 11.3 Å². The number of nitrogens with zero attached hydrogens (tertiary/aromatic N) is 1. The van der Waals surface area contributed by atoms with Crippen LogP contribution in [0.25, 0.3) is 0 Å². The number of aldehydes is 1. The Morgan fingerprint density at radius 2 is 1.94 bits per heavy atom. The summed E-state index contributed by atoms with van der Waals surface area (Å²) in [7, 11) is 0. The van der Waals surface area contributed by atoms with Gasteiger partial charge in [-0.2, -0.15) is 0 Å². The molecule has 0 bridgehead atoms. The molecule has 92 valence electrons. The number of benzene rings is 1. The zero-order valence-corrected chi connectivity index (χ0v) is 10.5. The summed E-state index contributed by atoms with van der Waals surface area (Å²) in [6.07, 6.45) is 2.55. The minimum absolute atomic E-state index is 0.373. The van der Waals surface area contributed by atoms with Crippen molar-refractivity contribution in [3.8, 4) is 5.75 Å². The quantitative estimate of drug-likeness (QED) is 0.772. The number of ether oxygens (including phenoxy) is 1. The molecule has 0 aliphatic heterocycles. The molecule has 3 heteroatoms. The molecule has 1 heterocycles. The van der Waals surface area contributed by atoms with Crippen molar-refractivity contribution in [1.29, 1.82) is 0 Å². The number of rotatable bonds is 4. The van der Waals surface area contributed by atoms with Crippen LogP contribution in [0.4, 0.5) is 0 Å². The molecule has 0 fully saturated rings. The maximum absolute atomic E-state index is 11.0. The Kier molecular flexibility index (Phi) is 3.72. The number of aromatic nitrogens is 1. The Morgan fingerprint density at radius 3 is 2.67 bits per heavy atom. The lowest BCUT2D eigenvalue weighted by Gasteiger charge is -2.11. The Hall–Kier alpha value is -2.16. The molecule has 2 rings (SSSR count). The number of carbonyl (C=O) groups is 1. The van der Waals surface area contributed by atoms with Crippen LogP contribution in [0.3, 0.4) is 0 Å². The first-order chi connectivity index (χ1) is 8.72. The largest absolute Gasteiger partial charge is 0.486 e. The van der Waals surface area contributed by atoms with Crippen LogP contribution < -0.4 is 4.74 Å². The zero-order valence-electron chi connectivity index (χ0n) is 10.5. The number of aryl methyl sites for hydroxylation is 2. The molecule has 3 nitrogen and oxygen atoms in total. The first-order valence-corrected chi connectivity index (χ1v) is 5.80. The number of hydrogen-bond acceptors (Lipinski definition) is 3. The van der Waals surface area contributed by atoms with Gasteiger partial charge in [0, 0.05) is 6.20 Å². The lowest BCUT2D eigenvalue weighted by molar-refractivity contribution is 0.111. The van der Waals surface area contributed by atoms with Crippen LogP contribution in [0, 0.1) is 13.8 Å². The highest BCUT2D eigenvalue weighted by Crippen LogP contribution is 2.23. The summed E-state index contributed by atoms with van der Waals surface area (Å²) in [6, 6.07) is 9.40. The Bertz CT molecular complexity index is 564. The third kappa shape index (κ3) is 2.56. The summed E-state index contributed by atoms with van der Waals surface area (Å²) in [5.74, 6) is 0.637. The van der Waals surface area contributed by atoms with Gasteiger partial charge in [-0.15, -0.1) is 0 Å². The van der Waals surface area contributed by atoms with Crippen molar-refractivity contribution in [2.24, 2.45) is 0 Å². The van der Waals surface area contributed by atoms with Gasteiger partial charge in [-0.3, -0.25) is 9.78 Å². The number of pyridine rings is 1. The molecule has 1 aromatic carbocycles. The van der Waals surface area contributed by atoms with E-state index in [1.807, 2.05) is 38.1 Å². The fraction of sp³-hybridized carbons (Fsp3) is 0.200. The average Bonchev–Trinajstić information content (AvgIpc) is 2.39. The second-order valence-electron chi connectivity index (χ2n) is 4.17. The van der Waals surface area contributed by atoms with Gasteiger partial charge in [-0.25, -0.2) is 0 Å². The summed E-state index contributed by atoms with van der Waals surface area (Å²) < 4.78 is 5.73. The van der Waals surface area contributed by atoms with E-state index < -0.39 is 0 Å². The molecule has 0 unspecified atom stereocenters. The smallest absolute Gasteiger partial charge is 0.153 e. The molecule has 0 radical (unpaired) electrons. The van der Waals surface area contributed by atoms with Crippen LogP contribution >= 0.6 is 0 Å². The summed E-state index contributed by atoms with van der Waals surface area (Å²) in [6.45, 7) is 4.29. The normalized spacial score (nSPS) is 10.1. The van der Waals surface area contributed by atoms with E-state index in [1.54, 1.807) is 12.3 Å². The van der Waals surface area contributed by atoms with Crippen molar-refractivity contribution in [3.63, 3.8) is 0 Å². The van der Waals surface area contributed by atoms with Gasteiger partial charge in [0.1, 0.15) is 12.4 Å². The summed E-state index contributed by atoms with van der Waals surface area (Å²) >= 11 is 0. The minimum atomic E-state index is 0.373. The van der Waals surface area contributed by atoms with Gasteiger partial charge in [0.25, 0.3) is 0 Å². The molecule has 0 saturated carbocycles. The standard InChI is InChI=1S/C15H15NO2/c1-11-6-4-8-16-14(11)10-18-15-12(2)5-3-7-13(15)9-17/h3-9H,10H2,1-2H3. The molecule has 18 heavy (non-hydrogen) atoms. The van der Waals surface area contributed by atoms with E-state index in [0.717, 1.165) is 23.1 Å². The van der Waals surface area contributed by atoms with Crippen LogP contribution in [0.1, 0.15) is 27.2 Å². The van der Waals surface area contributed by atoms with Crippen molar-refractivity contribution in [2.75, 3.05) is 0 Å². The number of hydrogen-bond donors (Lipinski definition) is 0. The molecule has 0 amide bonds. The highest BCUT2D eigenvalue weighted by Gasteiger charge is 2.07. The predicted octanol–water partition coefficient (Wildman–Crippen LogP) is 3.09. The lowest BCUT2D eigenvalue weighted by Crippen LogP contribution is -2.03. The highest BCUT2D eigenvalue weighted by molar-refractivity contribution is 5.80. The highest BCUT2D eigenvalue weighted by atomic mass is 16.5. The van der Waals surface area contributed by atoms with Crippen molar-refractivity contribution < 1.29 is 9.53 Å². The minimum Gasteiger partial charge on any atom is -0.486 e. The van der Waals surface area contributed by atoms with Gasteiger partial charge in [-0.1, -0.05) is 18.2 Å². The third-order valence-corrected chi connectivity index (χ3v) is 2.84. The third-order valence-electron chi connectivity index (χ3n) is 2.84. The van der Waals surface area contributed by atoms with Crippen LogP contribution in [-0.4, -0.2) is 11.3 Å². The van der Waals surface area contributed by atoms with E-state index in [4.69, 9.17) is 4.74 Å². The van der Waals surface area contributed by atoms with Gasteiger partial charge in [0.2, 0.25) is 0 Å². The maximum atomic E-state index is 11.0. The van der Waals surface area contributed by atoms with E-state index in [2.05, 4.69) is 4.98 Å². The van der Waals surface area contributed by atoms with E-state index in [1.165, 1.54) is 0 Å². The monoisotopic (exact) mass is 241 g/mol. The Labute approximate surface area is 106 Å². The van der Waals surface area contributed by atoms with Gasteiger partial charge < -0.3 is 4.74 Å². The molecule has 0 spiro atoms. The topological polar surface area (TPSA) is 39.2 Å². The summed E-state index contributed by atoms with van der Waals surface area (Å²) in [5, 5.41) is 0. The summed E-state index contributed by atoms with van der Waals surface area (Å²) in [5.41, 5.74) is 3.49. The SMILES string of the molecule is Cc1cccnc1COc1c(C)cccc1C=O. The molecule has 0 aliphatic rings. The number of para-hydroxylation sites is 1. The Balaban J connectivity index is 2.21. The molecule has 1 aromatic heterocycles. The molecule has 0 aliphatic carbocycles. The molecule has 0 saturated heterocycles. The second-order valence-corrected chi connectivity index (χ2v) is 4.17. The molecular weight excluding hydrogens is 226 g/mol. The lowest BCUT2D eigenvalue weighted by atomic mass is 10.1. The fourth-order valence-corrected chi connectivity index (χ4v) is 1.78. The van der Waals surface area contributed by atoms with Crippen LogP contribution in [0.5, 0.6) is 5.75 Å². The molecular formula is C15H15NO2. The van der Waals surface area contributed by atoms with Crippen LogP contribution in [0.2, 0.25) is 0 Å². The average molecular weight is 241 g/mol. The van der Waals surface area contributed by atoms with Gasteiger partial charge >= 0.3 is 0 Å². The Morgan fingerprint density at radius 1 is 1.17 bits per heavy atom. The zero-order chi connectivity index (χ0) is 13.0. The first-order valence-electron chi connectivity index (χ1n) is 5.80. The van der Waals surface area contributed by atoms with Crippen molar-refractivity contribution in [2.45, 2.75) is 20.5 Å². The molecule has 0 atom stereocenters. The van der Waals surface area contributed by atoms with Crippen LogP contribution in [-0.2, 0) is 6.61 Å². The van der Waals surface area contributed by atoms with E-state index in [0.29, 0.717) is 17.9 Å². The van der Waals surface area contributed by atoms with Crippen molar-refractivity contribution in [1.82, 2.24) is 4.98 Å². The van der Waals surface area contributed by atoms with Crippen molar-refractivity contribution >= 4 is 6.29 Å². The molecule has 0 N–H and O–H groups in total. The van der Waals surface area contributed by atoms with E-state index in [-0.39, 0.29) is 0 Å². The van der Waals surface area contributed by atoms with E-state index in [9.17, 15) is 4.79 Å². The molecule has 2 aromatic rings.